The molecule has 0 saturated carbocycles. The van der Waals surface area contributed by atoms with Gasteiger partial charge in [0.1, 0.15) is 11.8 Å². The minimum absolute atomic E-state index is 0.368. The van der Waals surface area contributed by atoms with Crippen LogP contribution < -0.4 is 4.90 Å². The first-order valence-corrected chi connectivity index (χ1v) is 11.2. The third-order valence-corrected chi connectivity index (χ3v) is 6.01. The number of anilines is 3. The zero-order chi connectivity index (χ0) is 23.3. The Morgan fingerprint density at radius 2 is 1.32 bits per heavy atom. The maximum Gasteiger partial charge on any atom is 0.147 e. The summed E-state index contributed by atoms with van der Waals surface area (Å²) < 4.78 is 0. The fraction of sp³-hybridized carbons (Fsp3) is 0.0323. The summed E-state index contributed by atoms with van der Waals surface area (Å²) in [6.45, 7) is 3.62. The van der Waals surface area contributed by atoms with Gasteiger partial charge in [0.25, 0.3) is 0 Å². The number of fused-ring (bicyclic) bond motifs is 1. The third-order valence-electron chi connectivity index (χ3n) is 6.01. The van der Waals surface area contributed by atoms with E-state index in [1.54, 1.807) is 0 Å². The molecule has 1 aliphatic carbocycles. The van der Waals surface area contributed by atoms with Crippen LogP contribution in [-0.4, -0.2) is 6.72 Å². The van der Waals surface area contributed by atoms with E-state index in [0.29, 0.717) is 5.70 Å². The Hall–Kier alpha value is -4.68. The number of para-hydroxylation sites is 2. The van der Waals surface area contributed by atoms with Crippen molar-refractivity contribution in [3.8, 4) is 6.07 Å². The first-order valence-electron chi connectivity index (χ1n) is 11.2. The van der Waals surface area contributed by atoms with Crippen molar-refractivity contribution in [3.05, 3.63) is 137 Å². The predicted octanol–water partition coefficient (Wildman–Crippen LogP) is 7.73. The second kappa shape index (κ2) is 9.44. The molecule has 5 rings (SSSR count). The van der Waals surface area contributed by atoms with Gasteiger partial charge in [-0.2, -0.15) is 5.26 Å². The number of nitriles is 1. The fourth-order valence-electron chi connectivity index (χ4n) is 4.48. The maximum atomic E-state index is 9.64. The molecule has 34 heavy (non-hydrogen) atoms. The molecule has 3 heteroatoms. The molecule has 162 valence electrons. The largest absolute Gasteiger partial charge is 0.311 e. The number of nitrogens with zero attached hydrogens (tertiary/aromatic N) is 3. The van der Waals surface area contributed by atoms with Crippen LogP contribution in [0.3, 0.4) is 0 Å². The van der Waals surface area contributed by atoms with Gasteiger partial charge in [0.2, 0.25) is 0 Å². The average Bonchev–Trinajstić information content (AvgIpc) is 3.25. The van der Waals surface area contributed by atoms with Crippen molar-refractivity contribution in [3.63, 3.8) is 0 Å². The van der Waals surface area contributed by atoms with Gasteiger partial charge in [-0.05, 0) is 71.8 Å². The normalized spacial score (nSPS) is 14.9. The van der Waals surface area contributed by atoms with E-state index in [1.165, 1.54) is 5.56 Å². The van der Waals surface area contributed by atoms with E-state index in [1.807, 2.05) is 24.3 Å². The van der Waals surface area contributed by atoms with Gasteiger partial charge in [0.15, 0.2) is 0 Å². The zero-order valence-electron chi connectivity index (χ0n) is 18.7. The number of hydrogen-bond donors (Lipinski definition) is 0. The Bertz CT molecular complexity index is 1380. The van der Waals surface area contributed by atoms with Crippen LogP contribution in [0.25, 0.3) is 11.6 Å². The monoisotopic (exact) mass is 437 g/mol. The van der Waals surface area contributed by atoms with Crippen molar-refractivity contribution in [1.82, 2.24) is 0 Å². The third kappa shape index (κ3) is 4.05. The van der Waals surface area contributed by atoms with Gasteiger partial charge in [-0.25, -0.2) is 0 Å². The minimum Gasteiger partial charge on any atom is -0.311 e. The molecule has 0 amide bonds. The molecule has 0 bridgehead atoms. The smallest absolute Gasteiger partial charge is 0.147 e. The SMILES string of the molecule is C=N/C(C#N)=C1\C(=C\c2ccc(N(c3ccccc3)c3ccccc3)cc2)Cc2ccccc21. The number of rotatable bonds is 5. The Morgan fingerprint density at radius 1 is 0.765 bits per heavy atom. The van der Waals surface area contributed by atoms with Crippen LogP contribution in [0.15, 0.2) is 125 Å². The van der Waals surface area contributed by atoms with E-state index in [9.17, 15) is 5.26 Å². The van der Waals surface area contributed by atoms with E-state index in [4.69, 9.17) is 0 Å². The summed E-state index contributed by atoms with van der Waals surface area (Å²) in [7, 11) is 0. The summed E-state index contributed by atoms with van der Waals surface area (Å²) in [6.07, 6.45) is 2.92. The lowest BCUT2D eigenvalue weighted by molar-refractivity contribution is 1.27. The van der Waals surface area contributed by atoms with Gasteiger partial charge in [0.05, 0.1) is 0 Å². The van der Waals surface area contributed by atoms with Crippen molar-refractivity contribution in [1.29, 1.82) is 5.26 Å². The molecule has 0 radical (unpaired) electrons. The van der Waals surface area contributed by atoms with Gasteiger partial charge in [-0.3, -0.25) is 4.99 Å². The van der Waals surface area contributed by atoms with Crippen LogP contribution in [0.5, 0.6) is 0 Å². The quantitative estimate of drug-likeness (QED) is 0.237. The lowest BCUT2D eigenvalue weighted by Gasteiger charge is -2.25. The second-order valence-corrected chi connectivity index (χ2v) is 8.10. The van der Waals surface area contributed by atoms with Crippen molar-refractivity contribution >= 4 is 35.4 Å². The topological polar surface area (TPSA) is 39.4 Å². The predicted molar refractivity (Wildman–Crippen MR) is 141 cm³/mol. The number of allylic oxidation sites excluding steroid dienone is 3. The average molecular weight is 438 g/mol. The highest BCUT2D eigenvalue weighted by Crippen LogP contribution is 2.40. The Kier molecular flexibility index (Phi) is 5.88. The summed E-state index contributed by atoms with van der Waals surface area (Å²) in [4.78, 5) is 6.24. The highest BCUT2D eigenvalue weighted by molar-refractivity contribution is 5.93. The van der Waals surface area contributed by atoms with E-state index < -0.39 is 0 Å². The van der Waals surface area contributed by atoms with E-state index in [-0.39, 0.29) is 0 Å². The summed E-state index contributed by atoms with van der Waals surface area (Å²) in [5, 5.41) is 9.64. The standard InChI is InChI=1S/C31H23N3/c1-33-30(22-32)31-25(21-24-10-8-9-15-29(24)31)20-23-16-18-28(19-17-23)34(26-11-4-2-5-12-26)27-13-6-3-7-14-27/h2-20H,1,21H2/b25-20+,31-30+. The van der Waals surface area contributed by atoms with Crippen LogP contribution in [0.4, 0.5) is 17.1 Å². The molecule has 0 fully saturated rings. The fourth-order valence-corrected chi connectivity index (χ4v) is 4.48. The number of benzene rings is 4. The molecule has 0 unspecified atom stereocenters. The van der Waals surface area contributed by atoms with E-state index in [0.717, 1.165) is 45.8 Å². The summed E-state index contributed by atoms with van der Waals surface area (Å²) in [5.41, 5.74) is 8.96. The van der Waals surface area contributed by atoms with Gasteiger partial charge in [-0.1, -0.05) is 78.9 Å². The Balaban J connectivity index is 1.54. The van der Waals surface area contributed by atoms with Crippen LogP contribution in [0.2, 0.25) is 0 Å². The molecule has 0 saturated heterocycles. The molecule has 0 spiro atoms. The van der Waals surface area contributed by atoms with E-state index >= 15 is 0 Å². The van der Waals surface area contributed by atoms with Gasteiger partial charge in [0, 0.05) is 22.6 Å². The first kappa shape index (κ1) is 21.2. The van der Waals surface area contributed by atoms with Crippen molar-refractivity contribution in [2.24, 2.45) is 4.99 Å². The highest BCUT2D eigenvalue weighted by Gasteiger charge is 2.24. The summed E-state index contributed by atoms with van der Waals surface area (Å²) >= 11 is 0. The second-order valence-electron chi connectivity index (χ2n) is 8.10. The minimum atomic E-state index is 0.368. The van der Waals surface area contributed by atoms with E-state index in [2.05, 4.69) is 114 Å². The Morgan fingerprint density at radius 3 is 1.91 bits per heavy atom. The Labute approximate surface area is 200 Å². The first-order chi connectivity index (χ1) is 16.8. The molecule has 0 atom stereocenters. The molecule has 0 aromatic heterocycles. The lowest BCUT2D eigenvalue weighted by Crippen LogP contribution is -2.09. The molecule has 1 aliphatic rings. The van der Waals surface area contributed by atoms with Crippen LogP contribution in [-0.2, 0) is 6.42 Å². The van der Waals surface area contributed by atoms with Crippen LogP contribution in [0.1, 0.15) is 16.7 Å². The molecule has 4 aromatic rings. The van der Waals surface area contributed by atoms with Crippen LogP contribution >= 0.6 is 0 Å². The van der Waals surface area contributed by atoms with Crippen molar-refractivity contribution < 1.29 is 0 Å². The maximum absolute atomic E-state index is 9.64. The lowest BCUT2D eigenvalue weighted by atomic mass is 10.0. The number of aliphatic imine (C=N–C) groups is 1. The molecule has 0 N–H and O–H groups in total. The molecule has 3 nitrogen and oxygen atoms in total. The van der Waals surface area contributed by atoms with Gasteiger partial charge < -0.3 is 4.90 Å². The van der Waals surface area contributed by atoms with Crippen LogP contribution in [0, 0.1) is 11.3 Å². The zero-order valence-corrected chi connectivity index (χ0v) is 18.7. The van der Waals surface area contributed by atoms with Crippen molar-refractivity contribution in [2.75, 3.05) is 4.90 Å². The molecule has 4 aromatic carbocycles. The molecular weight excluding hydrogens is 414 g/mol. The highest BCUT2D eigenvalue weighted by atomic mass is 15.1. The summed E-state index contributed by atoms with van der Waals surface area (Å²) in [5.74, 6) is 0. The van der Waals surface area contributed by atoms with Gasteiger partial charge in [-0.15, -0.1) is 0 Å². The van der Waals surface area contributed by atoms with Gasteiger partial charge >= 0.3 is 0 Å². The molecule has 0 aliphatic heterocycles. The van der Waals surface area contributed by atoms with Crippen molar-refractivity contribution in [2.45, 2.75) is 6.42 Å². The summed E-state index contributed by atoms with van der Waals surface area (Å²) in [6, 6.07) is 39.6. The molecular formula is C31H23N3. The number of hydrogen-bond acceptors (Lipinski definition) is 3. The molecule has 0 heterocycles.